The number of carbonyl (C=O) groups excluding carboxylic acids is 1. The van der Waals surface area contributed by atoms with E-state index in [1.807, 2.05) is 67.6 Å². The molecule has 1 N–H and O–H groups in total. The fourth-order valence-corrected chi connectivity index (χ4v) is 3.37. The summed E-state index contributed by atoms with van der Waals surface area (Å²) < 4.78 is 11.4. The zero-order valence-corrected chi connectivity index (χ0v) is 16.0. The third kappa shape index (κ3) is 4.58. The van der Waals surface area contributed by atoms with Crippen LogP contribution in [0.4, 0.5) is 0 Å². The van der Waals surface area contributed by atoms with Crippen LogP contribution >= 0.6 is 0 Å². The van der Waals surface area contributed by atoms with Crippen molar-refractivity contribution in [3.63, 3.8) is 0 Å². The number of hydrogen-bond acceptors (Lipinski definition) is 4. The van der Waals surface area contributed by atoms with Crippen molar-refractivity contribution in [3.05, 3.63) is 71.8 Å². The van der Waals surface area contributed by atoms with Crippen molar-refractivity contribution >= 4 is 5.97 Å². The van der Waals surface area contributed by atoms with Crippen LogP contribution in [0.1, 0.15) is 26.3 Å². The van der Waals surface area contributed by atoms with Crippen molar-refractivity contribution < 1.29 is 19.4 Å². The van der Waals surface area contributed by atoms with Gasteiger partial charge in [0.1, 0.15) is 18.1 Å². The van der Waals surface area contributed by atoms with Gasteiger partial charge in [-0.25, -0.2) is 0 Å². The van der Waals surface area contributed by atoms with Gasteiger partial charge < -0.3 is 14.6 Å². The maximum absolute atomic E-state index is 12.5. The maximum Gasteiger partial charge on any atom is 0.310 e. The molecule has 0 spiro atoms. The highest BCUT2D eigenvalue weighted by atomic mass is 16.5. The highest BCUT2D eigenvalue weighted by Crippen LogP contribution is 2.59. The van der Waals surface area contributed by atoms with Crippen LogP contribution in [-0.2, 0) is 16.1 Å². The van der Waals surface area contributed by atoms with E-state index in [2.05, 4.69) is 13.8 Å². The van der Waals surface area contributed by atoms with Crippen LogP contribution in [0.15, 0.2) is 66.2 Å². The number of carbonyl (C=O) groups is 1. The summed E-state index contributed by atoms with van der Waals surface area (Å²) in [6, 6.07) is 17.1. The molecule has 0 radical (unpaired) electrons. The first-order valence-corrected chi connectivity index (χ1v) is 9.18. The molecule has 0 amide bonds. The van der Waals surface area contributed by atoms with E-state index in [0.29, 0.717) is 5.75 Å². The lowest BCUT2D eigenvalue weighted by atomic mass is 10.1. The second-order valence-electron chi connectivity index (χ2n) is 7.67. The Hall–Kier alpha value is -2.59. The molecular formula is C23H26O4. The first-order valence-electron chi connectivity index (χ1n) is 9.18. The van der Waals surface area contributed by atoms with Crippen molar-refractivity contribution in [2.24, 2.45) is 17.3 Å². The largest absolute Gasteiger partial charge is 0.461 e. The molecule has 27 heavy (non-hydrogen) atoms. The molecule has 2 aromatic carbocycles. The number of allylic oxidation sites excluding steroid dienone is 1. The number of ether oxygens (including phenoxy) is 2. The smallest absolute Gasteiger partial charge is 0.310 e. The van der Waals surface area contributed by atoms with Gasteiger partial charge >= 0.3 is 5.97 Å². The first-order chi connectivity index (χ1) is 12.9. The first kappa shape index (κ1) is 19.2. The summed E-state index contributed by atoms with van der Waals surface area (Å²) in [6.45, 7) is 6.21. The minimum absolute atomic E-state index is 0.0164. The number of aliphatic hydroxyl groups is 1. The molecular weight excluding hydrogens is 340 g/mol. The molecule has 0 heterocycles. The average Bonchev–Trinajstić information content (AvgIpc) is 3.20. The van der Waals surface area contributed by atoms with E-state index in [-0.39, 0.29) is 36.4 Å². The van der Waals surface area contributed by atoms with E-state index < -0.39 is 0 Å². The van der Waals surface area contributed by atoms with Gasteiger partial charge in [-0.05, 0) is 48.1 Å². The van der Waals surface area contributed by atoms with Crippen LogP contribution in [0.5, 0.6) is 11.5 Å². The highest BCUT2D eigenvalue weighted by Gasteiger charge is 2.61. The predicted octanol–water partition coefficient (Wildman–Crippen LogP) is 4.73. The van der Waals surface area contributed by atoms with Gasteiger partial charge in [0, 0.05) is 0 Å². The van der Waals surface area contributed by atoms with Crippen LogP contribution in [0.2, 0.25) is 0 Å². The molecule has 2 atom stereocenters. The summed E-state index contributed by atoms with van der Waals surface area (Å²) in [5.41, 5.74) is 1.63. The fourth-order valence-electron chi connectivity index (χ4n) is 3.37. The number of benzene rings is 2. The lowest BCUT2D eigenvalue weighted by Gasteiger charge is -2.09. The molecule has 4 nitrogen and oxygen atoms in total. The Morgan fingerprint density at radius 2 is 1.81 bits per heavy atom. The van der Waals surface area contributed by atoms with Crippen LogP contribution in [-0.4, -0.2) is 17.7 Å². The van der Waals surface area contributed by atoms with Gasteiger partial charge in [-0.15, -0.1) is 0 Å². The topological polar surface area (TPSA) is 55.8 Å². The number of rotatable bonds is 7. The van der Waals surface area contributed by atoms with E-state index in [0.717, 1.165) is 16.9 Å². The van der Waals surface area contributed by atoms with Gasteiger partial charge in [0.25, 0.3) is 0 Å². The minimum Gasteiger partial charge on any atom is -0.461 e. The third-order valence-electron chi connectivity index (χ3n) is 5.14. The Morgan fingerprint density at radius 1 is 1.11 bits per heavy atom. The Bertz CT molecular complexity index is 823. The Labute approximate surface area is 160 Å². The van der Waals surface area contributed by atoms with E-state index in [1.165, 1.54) is 0 Å². The summed E-state index contributed by atoms with van der Waals surface area (Å²) in [7, 11) is 0. The SMILES string of the molecule is C/C(=C\C1C(C(=O)OCc2cccc(Oc3ccccc3)c2)C1(C)C)CO. The standard InChI is InChI=1S/C23H26O4/c1-16(14-24)12-20-21(23(20,2)3)22(25)26-15-17-8-7-11-19(13-17)27-18-9-5-4-6-10-18/h4-13,20-21,24H,14-15H2,1-3H3/b16-12+. The number of para-hydroxylation sites is 1. The zero-order chi connectivity index (χ0) is 19.4. The summed E-state index contributed by atoms with van der Waals surface area (Å²) >= 11 is 0. The summed E-state index contributed by atoms with van der Waals surface area (Å²) in [5, 5.41) is 9.19. The molecule has 2 aromatic rings. The summed E-state index contributed by atoms with van der Waals surface area (Å²) in [5.74, 6) is 1.23. The monoisotopic (exact) mass is 366 g/mol. The Morgan fingerprint density at radius 3 is 2.52 bits per heavy atom. The number of hydrogen-bond donors (Lipinski definition) is 1. The molecule has 0 aromatic heterocycles. The van der Waals surface area contributed by atoms with Gasteiger partial charge in [-0.2, -0.15) is 0 Å². The molecule has 142 valence electrons. The van der Waals surface area contributed by atoms with Gasteiger partial charge in [0.05, 0.1) is 12.5 Å². The maximum atomic E-state index is 12.5. The predicted molar refractivity (Wildman–Crippen MR) is 104 cm³/mol. The van der Waals surface area contributed by atoms with Crippen molar-refractivity contribution in [1.82, 2.24) is 0 Å². The molecule has 0 aliphatic heterocycles. The third-order valence-corrected chi connectivity index (χ3v) is 5.14. The van der Waals surface area contributed by atoms with Crippen LogP contribution in [0, 0.1) is 17.3 Å². The van der Waals surface area contributed by atoms with Crippen molar-refractivity contribution in [2.45, 2.75) is 27.4 Å². The molecule has 2 unspecified atom stereocenters. The Balaban J connectivity index is 1.59. The molecule has 0 saturated heterocycles. The highest BCUT2D eigenvalue weighted by molar-refractivity contribution is 5.78. The fraction of sp³-hybridized carbons (Fsp3) is 0.348. The molecule has 3 rings (SSSR count). The van der Waals surface area contributed by atoms with Crippen LogP contribution in [0.3, 0.4) is 0 Å². The normalized spacial score (nSPS) is 20.8. The van der Waals surface area contributed by atoms with Gasteiger partial charge in [-0.1, -0.05) is 55.8 Å². The van der Waals surface area contributed by atoms with Gasteiger partial charge in [0.2, 0.25) is 0 Å². The molecule has 1 fully saturated rings. The summed E-state index contributed by atoms with van der Waals surface area (Å²) in [6.07, 6.45) is 1.99. The zero-order valence-electron chi connectivity index (χ0n) is 16.0. The Kier molecular flexibility index (Phi) is 5.66. The van der Waals surface area contributed by atoms with Gasteiger partial charge in [0.15, 0.2) is 0 Å². The van der Waals surface area contributed by atoms with E-state index in [9.17, 15) is 9.90 Å². The number of aliphatic hydroxyl groups excluding tert-OH is 1. The van der Waals surface area contributed by atoms with E-state index in [4.69, 9.17) is 9.47 Å². The lowest BCUT2D eigenvalue weighted by molar-refractivity contribution is -0.147. The lowest BCUT2D eigenvalue weighted by Crippen LogP contribution is -2.10. The minimum atomic E-state index is -0.193. The van der Waals surface area contributed by atoms with Crippen LogP contribution < -0.4 is 4.74 Å². The molecule has 1 aliphatic rings. The number of esters is 1. The molecule has 0 bridgehead atoms. The quantitative estimate of drug-likeness (QED) is 0.568. The van der Waals surface area contributed by atoms with Crippen molar-refractivity contribution in [3.8, 4) is 11.5 Å². The second-order valence-corrected chi connectivity index (χ2v) is 7.67. The van der Waals surface area contributed by atoms with Gasteiger partial charge in [-0.3, -0.25) is 4.79 Å². The van der Waals surface area contributed by atoms with E-state index >= 15 is 0 Å². The van der Waals surface area contributed by atoms with Crippen molar-refractivity contribution in [1.29, 1.82) is 0 Å². The average molecular weight is 366 g/mol. The van der Waals surface area contributed by atoms with E-state index in [1.54, 1.807) is 0 Å². The van der Waals surface area contributed by atoms with Crippen molar-refractivity contribution in [2.75, 3.05) is 6.61 Å². The second kappa shape index (κ2) is 7.97. The molecule has 4 heteroatoms. The van der Waals surface area contributed by atoms with Crippen LogP contribution in [0.25, 0.3) is 0 Å². The molecule has 1 saturated carbocycles. The molecule has 1 aliphatic carbocycles. The summed E-state index contributed by atoms with van der Waals surface area (Å²) in [4.78, 5) is 12.5.